The number of hydrogen-bond acceptors (Lipinski definition) is 4. The molecule has 0 N–H and O–H groups in total. The molecule has 0 radical (unpaired) electrons. The van der Waals surface area contributed by atoms with E-state index in [0.29, 0.717) is 12.8 Å². The standard InChI is InChI=1S/C4H5NO.2C4H8O/c1-2-5-4-6-3-1;1-4-2-3-5-4;1-2-4-5-3-1/h1-3H,4H2;4H,2-3H2,1H3;1-4H2. The van der Waals surface area contributed by atoms with Crippen molar-refractivity contribution in [1.29, 1.82) is 0 Å². The van der Waals surface area contributed by atoms with Crippen LogP contribution < -0.4 is 0 Å². The minimum atomic E-state index is 0.483. The first-order chi connectivity index (χ1) is 7.89. The van der Waals surface area contributed by atoms with Gasteiger partial charge < -0.3 is 14.2 Å². The summed E-state index contributed by atoms with van der Waals surface area (Å²) < 4.78 is 14.6. The van der Waals surface area contributed by atoms with Crippen molar-refractivity contribution in [1.82, 2.24) is 0 Å². The minimum Gasteiger partial charge on any atom is -0.479 e. The highest BCUT2D eigenvalue weighted by Crippen LogP contribution is 2.07. The van der Waals surface area contributed by atoms with E-state index in [9.17, 15) is 0 Å². The fourth-order valence-electron chi connectivity index (χ4n) is 1.14. The third-order valence-electron chi connectivity index (χ3n) is 2.27. The van der Waals surface area contributed by atoms with Gasteiger partial charge in [0.1, 0.15) is 0 Å². The van der Waals surface area contributed by atoms with Crippen LogP contribution in [0, 0.1) is 0 Å². The lowest BCUT2D eigenvalue weighted by atomic mass is 10.2. The third-order valence-corrected chi connectivity index (χ3v) is 2.27. The van der Waals surface area contributed by atoms with Gasteiger partial charge in [-0.1, -0.05) is 0 Å². The monoisotopic (exact) mass is 227 g/mol. The Labute approximate surface area is 97.3 Å². The molecule has 0 saturated carbocycles. The van der Waals surface area contributed by atoms with E-state index in [2.05, 4.69) is 11.9 Å². The number of ether oxygens (including phenoxy) is 3. The summed E-state index contributed by atoms with van der Waals surface area (Å²) in [6, 6.07) is 0. The molecule has 3 rings (SSSR count). The summed E-state index contributed by atoms with van der Waals surface area (Å²) in [5, 5.41) is 0. The summed E-state index contributed by atoms with van der Waals surface area (Å²) in [6.45, 7) is 5.56. The van der Waals surface area contributed by atoms with Gasteiger partial charge in [-0.25, -0.2) is 0 Å². The van der Waals surface area contributed by atoms with Crippen molar-refractivity contribution in [2.75, 3.05) is 26.6 Å². The summed E-state index contributed by atoms with van der Waals surface area (Å²) >= 11 is 0. The van der Waals surface area contributed by atoms with E-state index in [4.69, 9.17) is 14.2 Å². The number of aliphatic imine (C=N–C) groups is 1. The zero-order valence-electron chi connectivity index (χ0n) is 9.93. The van der Waals surface area contributed by atoms with Gasteiger partial charge in [0.15, 0.2) is 6.73 Å². The Hall–Kier alpha value is -0.870. The van der Waals surface area contributed by atoms with Crippen LogP contribution in [0.5, 0.6) is 0 Å². The fraction of sp³-hybridized carbons (Fsp3) is 0.750. The van der Waals surface area contributed by atoms with Crippen LogP contribution in [0.1, 0.15) is 26.2 Å². The minimum absolute atomic E-state index is 0.483. The smallest absolute Gasteiger partial charge is 0.178 e. The van der Waals surface area contributed by atoms with Crippen LogP contribution in [0.3, 0.4) is 0 Å². The molecule has 2 fully saturated rings. The van der Waals surface area contributed by atoms with Crippen LogP contribution in [-0.2, 0) is 14.2 Å². The van der Waals surface area contributed by atoms with Crippen molar-refractivity contribution < 1.29 is 14.2 Å². The van der Waals surface area contributed by atoms with Gasteiger partial charge >= 0.3 is 0 Å². The molecule has 3 heterocycles. The predicted molar refractivity (Wildman–Crippen MR) is 63.7 cm³/mol. The van der Waals surface area contributed by atoms with Crippen molar-refractivity contribution in [3.8, 4) is 0 Å². The Kier molecular flexibility index (Phi) is 7.72. The zero-order chi connectivity index (χ0) is 11.5. The van der Waals surface area contributed by atoms with E-state index >= 15 is 0 Å². The maximum Gasteiger partial charge on any atom is 0.178 e. The molecular weight excluding hydrogens is 206 g/mol. The molecule has 0 aliphatic carbocycles. The van der Waals surface area contributed by atoms with Gasteiger partial charge in [0, 0.05) is 26.0 Å². The van der Waals surface area contributed by atoms with Crippen LogP contribution in [0.25, 0.3) is 0 Å². The maximum absolute atomic E-state index is 4.94. The highest BCUT2D eigenvalue weighted by atomic mass is 16.5. The van der Waals surface area contributed by atoms with Crippen molar-refractivity contribution in [2.45, 2.75) is 32.3 Å². The van der Waals surface area contributed by atoms with Crippen molar-refractivity contribution in [3.05, 3.63) is 12.3 Å². The highest BCUT2D eigenvalue weighted by molar-refractivity contribution is 5.70. The van der Waals surface area contributed by atoms with Gasteiger partial charge in [-0.15, -0.1) is 0 Å². The second-order valence-electron chi connectivity index (χ2n) is 3.75. The van der Waals surface area contributed by atoms with Crippen LogP contribution in [0.4, 0.5) is 0 Å². The Balaban J connectivity index is 0.000000121. The van der Waals surface area contributed by atoms with E-state index in [1.54, 1.807) is 18.6 Å². The second-order valence-corrected chi connectivity index (χ2v) is 3.75. The van der Waals surface area contributed by atoms with Crippen LogP contribution in [0.2, 0.25) is 0 Å². The fourth-order valence-corrected chi connectivity index (χ4v) is 1.14. The van der Waals surface area contributed by atoms with Crippen molar-refractivity contribution >= 4 is 6.21 Å². The molecule has 4 nitrogen and oxygen atoms in total. The molecule has 4 heteroatoms. The molecule has 0 amide bonds. The number of hydrogen-bond donors (Lipinski definition) is 0. The second kappa shape index (κ2) is 9.36. The van der Waals surface area contributed by atoms with Gasteiger partial charge in [0.25, 0.3) is 0 Å². The summed E-state index contributed by atoms with van der Waals surface area (Å²) in [6.07, 6.45) is 9.47. The lowest BCUT2D eigenvalue weighted by Gasteiger charge is -2.20. The summed E-state index contributed by atoms with van der Waals surface area (Å²) in [4.78, 5) is 3.74. The quantitative estimate of drug-likeness (QED) is 0.636. The van der Waals surface area contributed by atoms with Crippen LogP contribution in [0.15, 0.2) is 17.3 Å². The van der Waals surface area contributed by atoms with Gasteiger partial charge in [-0.2, -0.15) is 0 Å². The molecule has 0 aromatic heterocycles. The first-order valence-corrected chi connectivity index (χ1v) is 5.85. The lowest BCUT2D eigenvalue weighted by Crippen LogP contribution is -2.22. The van der Waals surface area contributed by atoms with Crippen LogP contribution >= 0.6 is 0 Å². The molecular formula is C12H21NO3. The normalized spacial score (nSPS) is 25.4. The third kappa shape index (κ3) is 7.43. The molecule has 3 aliphatic rings. The topological polar surface area (TPSA) is 40.0 Å². The van der Waals surface area contributed by atoms with Gasteiger partial charge in [-0.3, -0.25) is 4.99 Å². The molecule has 16 heavy (non-hydrogen) atoms. The Bertz CT molecular complexity index is 189. The van der Waals surface area contributed by atoms with E-state index in [0.717, 1.165) is 19.8 Å². The predicted octanol–water partition coefficient (Wildman–Crippen LogP) is 2.15. The summed E-state index contributed by atoms with van der Waals surface area (Å²) in [5.41, 5.74) is 0. The molecule has 0 aromatic rings. The van der Waals surface area contributed by atoms with Gasteiger partial charge in [0.05, 0.1) is 12.4 Å². The van der Waals surface area contributed by atoms with Gasteiger partial charge in [-0.05, 0) is 32.3 Å². The highest BCUT2D eigenvalue weighted by Gasteiger charge is 2.09. The van der Waals surface area contributed by atoms with E-state index < -0.39 is 0 Å². The lowest BCUT2D eigenvalue weighted by molar-refractivity contribution is -0.0375. The molecule has 1 atom stereocenters. The number of nitrogens with zero attached hydrogens (tertiary/aromatic N) is 1. The van der Waals surface area contributed by atoms with E-state index in [-0.39, 0.29) is 0 Å². The number of rotatable bonds is 0. The molecule has 92 valence electrons. The Morgan fingerprint density at radius 3 is 2.00 bits per heavy atom. The summed E-state index contributed by atoms with van der Waals surface area (Å²) in [7, 11) is 0. The maximum atomic E-state index is 4.94. The first-order valence-electron chi connectivity index (χ1n) is 5.85. The largest absolute Gasteiger partial charge is 0.479 e. The SMILES string of the molecule is C1=COCN=C1.C1CCOC1.CC1CCO1. The van der Waals surface area contributed by atoms with Gasteiger partial charge in [0.2, 0.25) is 0 Å². The zero-order valence-corrected chi connectivity index (χ0v) is 9.93. The molecule has 0 spiro atoms. The number of allylic oxidation sites excluding steroid dienone is 1. The molecule has 1 unspecified atom stereocenters. The van der Waals surface area contributed by atoms with E-state index in [1.165, 1.54) is 19.3 Å². The molecule has 2 saturated heterocycles. The molecule has 3 aliphatic heterocycles. The van der Waals surface area contributed by atoms with E-state index in [1.807, 2.05) is 0 Å². The van der Waals surface area contributed by atoms with Crippen molar-refractivity contribution in [3.63, 3.8) is 0 Å². The first kappa shape index (κ1) is 13.2. The Morgan fingerprint density at radius 1 is 1.19 bits per heavy atom. The summed E-state index contributed by atoms with van der Waals surface area (Å²) in [5.74, 6) is 0. The van der Waals surface area contributed by atoms with Crippen molar-refractivity contribution in [2.24, 2.45) is 4.99 Å². The van der Waals surface area contributed by atoms with Crippen LogP contribution in [-0.4, -0.2) is 38.9 Å². The average Bonchev–Trinajstić information content (AvgIpc) is 2.88. The molecule has 0 aromatic carbocycles. The average molecular weight is 227 g/mol. The Morgan fingerprint density at radius 2 is 1.88 bits per heavy atom. The molecule has 0 bridgehead atoms.